The van der Waals surface area contributed by atoms with Gasteiger partial charge in [0, 0.05) is 6.04 Å². The molecule has 1 amide bonds. The van der Waals surface area contributed by atoms with Crippen LogP contribution in [0.3, 0.4) is 0 Å². The molecule has 0 aliphatic carbocycles. The van der Waals surface area contributed by atoms with Gasteiger partial charge in [0.15, 0.2) is 0 Å². The molecule has 0 bridgehead atoms. The zero-order valence-electron chi connectivity index (χ0n) is 8.30. The van der Waals surface area contributed by atoms with E-state index in [2.05, 4.69) is 12.2 Å². The molecule has 3 nitrogen and oxygen atoms in total. The third-order valence-corrected chi connectivity index (χ3v) is 2.22. The first-order chi connectivity index (χ1) is 6.24. The van der Waals surface area contributed by atoms with E-state index >= 15 is 0 Å². The van der Waals surface area contributed by atoms with Crippen LogP contribution in [0, 0.1) is 0 Å². The van der Waals surface area contributed by atoms with Crippen molar-refractivity contribution >= 4 is 5.91 Å². The van der Waals surface area contributed by atoms with E-state index in [1.165, 1.54) is 0 Å². The first-order valence-corrected chi connectivity index (χ1v) is 4.85. The molecule has 0 radical (unpaired) electrons. The Hall–Kier alpha value is -0.990. The van der Waals surface area contributed by atoms with Gasteiger partial charge in [0.05, 0.1) is 18.4 Å². The topological polar surface area (TPSA) is 38.3 Å². The molecule has 0 aromatic rings. The lowest BCUT2D eigenvalue weighted by atomic mass is 10.1. The molecule has 1 aliphatic rings. The minimum absolute atomic E-state index is 0.0223. The molecular formula is C10H17NO2. The summed E-state index contributed by atoms with van der Waals surface area (Å²) in [4.78, 5) is 11.5. The average molecular weight is 183 g/mol. The maximum absolute atomic E-state index is 11.5. The smallest absolute Gasteiger partial charge is 0.250 e. The SMILES string of the molecule is CCC(C)NC(=O)C1=COCCC1. The van der Waals surface area contributed by atoms with Crippen LogP contribution in [0.5, 0.6) is 0 Å². The highest BCUT2D eigenvalue weighted by molar-refractivity contribution is 5.93. The number of nitrogens with one attached hydrogen (secondary N) is 1. The number of carbonyl (C=O) groups is 1. The van der Waals surface area contributed by atoms with Crippen molar-refractivity contribution in [2.24, 2.45) is 0 Å². The van der Waals surface area contributed by atoms with E-state index in [0.717, 1.165) is 31.4 Å². The maximum atomic E-state index is 11.5. The number of hydrogen-bond donors (Lipinski definition) is 1. The fourth-order valence-electron chi connectivity index (χ4n) is 1.15. The molecule has 1 unspecified atom stereocenters. The van der Waals surface area contributed by atoms with Crippen LogP contribution in [0.25, 0.3) is 0 Å². The predicted molar refractivity (Wildman–Crippen MR) is 51.2 cm³/mol. The van der Waals surface area contributed by atoms with Crippen LogP contribution in [0.15, 0.2) is 11.8 Å². The zero-order chi connectivity index (χ0) is 9.68. The quantitative estimate of drug-likeness (QED) is 0.721. The summed E-state index contributed by atoms with van der Waals surface area (Å²) in [6.45, 7) is 4.79. The van der Waals surface area contributed by atoms with Crippen LogP contribution in [-0.2, 0) is 9.53 Å². The van der Waals surface area contributed by atoms with E-state index in [1.807, 2.05) is 6.92 Å². The van der Waals surface area contributed by atoms with E-state index in [-0.39, 0.29) is 11.9 Å². The Kier molecular flexibility index (Phi) is 3.80. The van der Waals surface area contributed by atoms with Gasteiger partial charge in [-0.3, -0.25) is 4.79 Å². The number of amides is 1. The van der Waals surface area contributed by atoms with Crippen LogP contribution < -0.4 is 5.32 Å². The molecule has 0 saturated heterocycles. The van der Waals surface area contributed by atoms with Gasteiger partial charge in [0.25, 0.3) is 5.91 Å². The second-order valence-corrected chi connectivity index (χ2v) is 3.40. The molecule has 1 N–H and O–H groups in total. The van der Waals surface area contributed by atoms with Crippen molar-refractivity contribution in [3.63, 3.8) is 0 Å². The number of ether oxygens (including phenoxy) is 1. The van der Waals surface area contributed by atoms with Gasteiger partial charge in [-0.25, -0.2) is 0 Å². The second kappa shape index (κ2) is 4.90. The number of carbonyl (C=O) groups excluding carboxylic acids is 1. The normalized spacial score (nSPS) is 18.5. The highest BCUT2D eigenvalue weighted by Crippen LogP contribution is 2.11. The van der Waals surface area contributed by atoms with Gasteiger partial charge in [-0.1, -0.05) is 6.92 Å². The van der Waals surface area contributed by atoms with E-state index < -0.39 is 0 Å². The summed E-state index contributed by atoms with van der Waals surface area (Å²) < 4.78 is 5.10. The van der Waals surface area contributed by atoms with Crippen molar-refractivity contribution in [3.8, 4) is 0 Å². The lowest BCUT2D eigenvalue weighted by Crippen LogP contribution is -2.33. The van der Waals surface area contributed by atoms with Crippen LogP contribution >= 0.6 is 0 Å². The number of rotatable bonds is 3. The van der Waals surface area contributed by atoms with Gasteiger partial charge in [0.1, 0.15) is 0 Å². The highest BCUT2D eigenvalue weighted by Gasteiger charge is 2.14. The molecular weight excluding hydrogens is 166 g/mol. The zero-order valence-corrected chi connectivity index (χ0v) is 8.30. The molecule has 0 aromatic carbocycles. The molecule has 0 spiro atoms. The molecule has 0 aromatic heterocycles. The Bertz CT molecular complexity index is 211. The molecule has 74 valence electrons. The fourth-order valence-corrected chi connectivity index (χ4v) is 1.15. The van der Waals surface area contributed by atoms with Crippen LogP contribution in [-0.4, -0.2) is 18.6 Å². The highest BCUT2D eigenvalue weighted by atomic mass is 16.5. The lowest BCUT2D eigenvalue weighted by molar-refractivity contribution is -0.118. The second-order valence-electron chi connectivity index (χ2n) is 3.40. The summed E-state index contributed by atoms with van der Waals surface area (Å²) in [6.07, 6.45) is 4.32. The Morgan fingerprint density at radius 2 is 2.54 bits per heavy atom. The molecule has 3 heteroatoms. The van der Waals surface area contributed by atoms with Crippen LogP contribution in [0.4, 0.5) is 0 Å². The third kappa shape index (κ3) is 3.09. The van der Waals surface area contributed by atoms with E-state index in [0.29, 0.717) is 0 Å². The van der Waals surface area contributed by atoms with Gasteiger partial charge in [-0.15, -0.1) is 0 Å². The molecule has 1 heterocycles. The summed E-state index contributed by atoms with van der Waals surface area (Å²) in [5.41, 5.74) is 0.770. The summed E-state index contributed by atoms with van der Waals surface area (Å²) in [5.74, 6) is 0.0223. The molecule has 1 atom stereocenters. The maximum Gasteiger partial charge on any atom is 0.250 e. The van der Waals surface area contributed by atoms with Gasteiger partial charge in [-0.2, -0.15) is 0 Å². The Balaban J connectivity index is 2.42. The van der Waals surface area contributed by atoms with Crippen LogP contribution in [0.2, 0.25) is 0 Å². The van der Waals surface area contributed by atoms with E-state index in [1.54, 1.807) is 6.26 Å². The van der Waals surface area contributed by atoms with Crippen molar-refractivity contribution < 1.29 is 9.53 Å². The minimum Gasteiger partial charge on any atom is -0.501 e. The summed E-state index contributed by atoms with van der Waals surface area (Å²) in [5, 5.41) is 2.91. The minimum atomic E-state index is 0.0223. The third-order valence-electron chi connectivity index (χ3n) is 2.22. The predicted octanol–water partition coefficient (Wildman–Crippen LogP) is 1.60. The standard InChI is InChI=1S/C10H17NO2/c1-3-8(2)11-10(12)9-5-4-6-13-7-9/h7-8H,3-6H2,1-2H3,(H,11,12). The first-order valence-electron chi connectivity index (χ1n) is 4.85. The molecule has 0 saturated carbocycles. The summed E-state index contributed by atoms with van der Waals surface area (Å²) >= 11 is 0. The van der Waals surface area contributed by atoms with Crippen LogP contribution in [0.1, 0.15) is 33.1 Å². The molecule has 1 rings (SSSR count). The molecule has 0 fully saturated rings. The molecule has 1 aliphatic heterocycles. The average Bonchev–Trinajstić information content (AvgIpc) is 2.19. The Morgan fingerprint density at radius 3 is 3.08 bits per heavy atom. The first kappa shape index (κ1) is 10.1. The lowest BCUT2D eigenvalue weighted by Gasteiger charge is -2.16. The number of hydrogen-bond acceptors (Lipinski definition) is 2. The molecule has 13 heavy (non-hydrogen) atoms. The van der Waals surface area contributed by atoms with E-state index in [9.17, 15) is 4.79 Å². The van der Waals surface area contributed by atoms with E-state index in [4.69, 9.17) is 4.74 Å². The van der Waals surface area contributed by atoms with Crippen molar-refractivity contribution in [3.05, 3.63) is 11.8 Å². The van der Waals surface area contributed by atoms with Crippen molar-refractivity contribution in [2.75, 3.05) is 6.61 Å². The monoisotopic (exact) mass is 183 g/mol. The van der Waals surface area contributed by atoms with Crippen molar-refractivity contribution in [2.45, 2.75) is 39.2 Å². The van der Waals surface area contributed by atoms with Crippen molar-refractivity contribution in [1.29, 1.82) is 0 Å². The van der Waals surface area contributed by atoms with Crippen molar-refractivity contribution in [1.82, 2.24) is 5.32 Å². The largest absolute Gasteiger partial charge is 0.501 e. The fraction of sp³-hybridized carbons (Fsp3) is 0.700. The Labute approximate surface area is 79.2 Å². The van der Waals surface area contributed by atoms with Gasteiger partial charge in [-0.05, 0) is 26.2 Å². The van der Waals surface area contributed by atoms with Gasteiger partial charge >= 0.3 is 0 Å². The summed E-state index contributed by atoms with van der Waals surface area (Å²) in [6, 6.07) is 0.246. The Morgan fingerprint density at radius 1 is 1.77 bits per heavy atom. The van der Waals surface area contributed by atoms with Gasteiger partial charge < -0.3 is 10.1 Å². The summed E-state index contributed by atoms with van der Waals surface area (Å²) in [7, 11) is 0. The van der Waals surface area contributed by atoms with Gasteiger partial charge in [0.2, 0.25) is 0 Å².